The van der Waals surface area contributed by atoms with Crippen molar-refractivity contribution in [2.45, 2.75) is 6.42 Å². The standard InChI is InChI=1S/C23H18N2O3/c26-20(27)14-15-7-6-10-17(13-15)24-22(16-8-2-1-3-9-16)21-18-11-4-5-12-19(18)25-23(21)28/h1-13,25,28H,14H2,(H,26,27). The number of carbonyl (C=O) groups is 1. The molecule has 0 aliphatic carbocycles. The van der Waals surface area contributed by atoms with E-state index < -0.39 is 5.97 Å². The zero-order valence-corrected chi connectivity index (χ0v) is 15.0. The molecule has 0 saturated carbocycles. The number of nitrogens with one attached hydrogen (secondary N) is 1. The summed E-state index contributed by atoms with van der Waals surface area (Å²) in [6.07, 6.45) is -0.0671. The molecule has 3 aromatic carbocycles. The first kappa shape index (κ1) is 17.5. The van der Waals surface area contributed by atoms with Gasteiger partial charge in [0.2, 0.25) is 0 Å². The van der Waals surface area contributed by atoms with Crippen molar-refractivity contribution in [3.8, 4) is 5.88 Å². The number of aromatic nitrogens is 1. The summed E-state index contributed by atoms with van der Waals surface area (Å²) in [6, 6.07) is 24.4. The van der Waals surface area contributed by atoms with Crippen molar-refractivity contribution in [3.05, 3.63) is 95.6 Å². The lowest BCUT2D eigenvalue weighted by Gasteiger charge is -2.08. The molecule has 5 nitrogen and oxygen atoms in total. The first-order valence-electron chi connectivity index (χ1n) is 8.87. The van der Waals surface area contributed by atoms with Gasteiger partial charge in [-0.15, -0.1) is 0 Å². The molecule has 0 aliphatic rings. The predicted octanol–water partition coefficient (Wildman–Crippen LogP) is 4.67. The number of H-pyrrole nitrogens is 1. The van der Waals surface area contributed by atoms with Gasteiger partial charge < -0.3 is 15.2 Å². The van der Waals surface area contributed by atoms with Crippen LogP contribution in [0.1, 0.15) is 16.7 Å². The molecule has 0 fully saturated rings. The molecule has 0 aliphatic heterocycles. The van der Waals surface area contributed by atoms with Gasteiger partial charge in [-0.05, 0) is 23.8 Å². The lowest BCUT2D eigenvalue weighted by Crippen LogP contribution is -2.03. The molecule has 138 valence electrons. The summed E-state index contributed by atoms with van der Waals surface area (Å²) in [5.74, 6) is -0.843. The van der Waals surface area contributed by atoms with Crippen molar-refractivity contribution in [2.75, 3.05) is 0 Å². The Morgan fingerprint density at radius 1 is 0.929 bits per heavy atom. The van der Waals surface area contributed by atoms with Crippen molar-refractivity contribution in [3.63, 3.8) is 0 Å². The van der Waals surface area contributed by atoms with Crippen molar-refractivity contribution in [1.82, 2.24) is 4.98 Å². The number of para-hydroxylation sites is 1. The summed E-state index contributed by atoms with van der Waals surface area (Å²) in [4.78, 5) is 18.8. The van der Waals surface area contributed by atoms with E-state index in [0.29, 0.717) is 22.5 Å². The van der Waals surface area contributed by atoms with E-state index in [1.807, 2.05) is 60.7 Å². The van der Waals surface area contributed by atoms with E-state index in [1.165, 1.54) is 0 Å². The van der Waals surface area contributed by atoms with Crippen molar-refractivity contribution in [2.24, 2.45) is 4.99 Å². The Kier molecular flexibility index (Phi) is 4.64. The minimum absolute atomic E-state index is 0.0468. The number of hydrogen-bond donors (Lipinski definition) is 3. The van der Waals surface area contributed by atoms with Gasteiger partial charge in [-0.3, -0.25) is 4.79 Å². The molecule has 0 amide bonds. The fraction of sp³-hybridized carbons (Fsp3) is 0.0435. The van der Waals surface area contributed by atoms with E-state index in [1.54, 1.807) is 18.2 Å². The molecule has 0 saturated heterocycles. The number of aromatic amines is 1. The molecule has 0 atom stereocenters. The van der Waals surface area contributed by atoms with E-state index in [-0.39, 0.29) is 12.3 Å². The second-order valence-electron chi connectivity index (χ2n) is 6.46. The number of benzene rings is 3. The lowest BCUT2D eigenvalue weighted by atomic mass is 10.0. The third-order valence-electron chi connectivity index (χ3n) is 4.48. The van der Waals surface area contributed by atoms with Gasteiger partial charge in [0.05, 0.1) is 23.4 Å². The molecule has 4 aromatic rings. The maximum Gasteiger partial charge on any atom is 0.307 e. The largest absolute Gasteiger partial charge is 0.494 e. The van der Waals surface area contributed by atoms with Gasteiger partial charge in [0.25, 0.3) is 0 Å². The average Bonchev–Trinajstić information content (AvgIpc) is 3.02. The van der Waals surface area contributed by atoms with Gasteiger partial charge in [0, 0.05) is 16.5 Å². The Bertz CT molecular complexity index is 1180. The Hall–Kier alpha value is -3.86. The summed E-state index contributed by atoms with van der Waals surface area (Å²) in [5, 5.41) is 20.5. The normalized spacial score (nSPS) is 11.6. The van der Waals surface area contributed by atoms with Crippen LogP contribution < -0.4 is 0 Å². The summed E-state index contributed by atoms with van der Waals surface area (Å²) in [7, 11) is 0. The van der Waals surface area contributed by atoms with Gasteiger partial charge in [-0.2, -0.15) is 0 Å². The van der Waals surface area contributed by atoms with E-state index >= 15 is 0 Å². The number of nitrogens with zero attached hydrogens (tertiary/aromatic N) is 1. The fourth-order valence-corrected chi connectivity index (χ4v) is 3.27. The van der Waals surface area contributed by atoms with Crippen molar-refractivity contribution >= 4 is 28.3 Å². The Morgan fingerprint density at radius 3 is 2.46 bits per heavy atom. The maximum atomic E-state index is 11.0. The highest BCUT2D eigenvalue weighted by atomic mass is 16.4. The molecule has 0 unspecified atom stereocenters. The molecular weight excluding hydrogens is 352 g/mol. The average molecular weight is 370 g/mol. The molecule has 0 bridgehead atoms. The third-order valence-corrected chi connectivity index (χ3v) is 4.48. The van der Waals surface area contributed by atoms with Crippen LogP contribution in [0.5, 0.6) is 5.88 Å². The maximum absolute atomic E-state index is 11.0. The van der Waals surface area contributed by atoms with E-state index in [2.05, 4.69) is 4.98 Å². The third kappa shape index (κ3) is 3.50. The highest BCUT2D eigenvalue weighted by Gasteiger charge is 2.18. The van der Waals surface area contributed by atoms with E-state index in [4.69, 9.17) is 10.1 Å². The monoisotopic (exact) mass is 370 g/mol. The summed E-state index contributed by atoms with van der Waals surface area (Å²) in [5.41, 5.74) is 4.20. The Balaban J connectivity index is 1.91. The van der Waals surface area contributed by atoms with E-state index in [0.717, 1.165) is 16.5 Å². The molecule has 0 spiro atoms. The van der Waals surface area contributed by atoms with Gasteiger partial charge in [0.1, 0.15) is 0 Å². The predicted molar refractivity (Wildman–Crippen MR) is 109 cm³/mol. The molecular formula is C23H18N2O3. The topological polar surface area (TPSA) is 85.7 Å². The molecule has 1 heterocycles. The van der Waals surface area contributed by atoms with Crippen LogP contribution in [0, 0.1) is 0 Å². The number of carboxylic acids is 1. The first-order valence-corrected chi connectivity index (χ1v) is 8.87. The van der Waals surface area contributed by atoms with Crippen LogP contribution in [0.25, 0.3) is 10.9 Å². The molecule has 3 N–H and O–H groups in total. The van der Waals surface area contributed by atoms with E-state index in [9.17, 15) is 9.90 Å². The Labute approximate surface area is 161 Å². The number of aliphatic imine (C=N–C) groups is 1. The minimum Gasteiger partial charge on any atom is -0.494 e. The summed E-state index contributed by atoms with van der Waals surface area (Å²) >= 11 is 0. The SMILES string of the molecule is O=C(O)Cc1cccc(N=C(c2ccccc2)c2c(O)[nH]c3ccccc23)c1. The molecule has 0 radical (unpaired) electrons. The van der Waals surface area contributed by atoms with Crippen LogP contribution in [0.15, 0.2) is 83.9 Å². The minimum atomic E-state index is -0.890. The number of aliphatic carboxylic acids is 1. The van der Waals surface area contributed by atoms with Crippen LogP contribution in [0.3, 0.4) is 0 Å². The van der Waals surface area contributed by atoms with Crippen LogP contribution in [0.4, 0.5) is 5.69 Å². The molecule has 5 heteroatoms. The van der Waals surface area contributed by atoms with Gasteiger partial charge in [0.15, 0.2) is 5.88 Å². The van der Waals surface area contributed by atoms with Crippen molar-refractivity contribution in [1.29, 1.82) is 0 Å². The quantitative estimate of drug-likeness (QED) is 0.446. The number of fused-ring (bicyclic) bond motifs is 1. The molecule has 28 heavy (non-hydrogen) atoms. The number of carboxylic acid groups (broad SMARTS) is 1. The number of hydrogen-bond acceptors (Lipinski definition) is 3. The molecule has 1 aromatic heterocycles. The second-order valence-corrected chi connectivity index (χ2v) is 6.46. The number of aromatic hydroxyl groups is 1. The van der Waals surface area contributed by atoms with Gasteiger partial charge >= 0.3 is 5.97 Å². The Morgan fingerprint density at radius 2 is 1.68 bits per heavy atom. The lowest BCUT2D eigenvalue weighted by molar-refractivity contribution is -0.136. The highest BCUT2D eigenvalue weighted by Crippen LogP contribution is 2.31. The van der Waals surface area contributed by atoms with Crippen LogP contribution in [0.2, 0.25) is 0 Å². The van der Waals surface area contributed by atoms with Crippen molar-refractivity contribution < 1.29 is 15.0 Å². The zero-order valence-electron chi connectivity index (χ0n) is 15.0. The second kappa shape index (κ2) is 7.40. The van der Waals surface area contributed by atoms with Gasteiger partial charge in [-0.1, -0.05) is 60.7 Å². The fourth-order valence-electron chi connectivity index (χ4n) is 3.27. The van der Waals surface area contributed by atoms with Crippen LogP contribution >= 0.6 is 0 Å². The summed E-state index contributed by atoms with van der Waals surface area (Å²) < 4.78 is 0. The smallest absolute Gasteiger partial charge is 0.307 e. The zero-order chi connectivity index (χ0) is 19.5. The number of rotatable bonds is 5. The molecule has 4 rings (SSSR count). The van der Waals surface area contributed by atoms with Gasteiger partial charge in [-0.25, -0.2) is 4.99 Å². The first-order chi connectivity index (χ1) is 13.6. The summed E-state index contributed by atoms with van der Waals surface area (Å²) in [6.45, 7) is 0. The highest BCUT2D eigenvalue weighted by molar-refractivity contribution is 6.21. The van der Waals surface area contributed by atoms with Crippen LogP contribution in [-0.4, -0.2) is 26.9 Å². The van der Waals surface area contributed by atoms with Crippen LogP contribution in [-0.2, 0) is 11.2 Å².